The Morgan fingerprint density at radius 2 is 2.10 bits per heavy atom. The van der Waals surface area contributed by atoms with Crippen molar-refractivity contribution in [1.29, 1.82) is 0 Å². The van der Waals surface area contributed by atoms with Gasteiger partial charge in [0.15, 0.2) is 11.8 Å². The summed E-state index contributed by atoms with van der Waals surface area (Å²) in [5.41, 5.74) is 1.19. The van der Waals surface area contributed by atoms with Crippen LogP contribution in [0.4, 0.5) is 0 Å². The van der Waals surface area contributed by atoms with Crippen LogP contribution in [0, 0.1) is 6.92 Å². The largest absolute Gasteiger partial charge is 0.494 e. The molecule has 1 aromatic carbocycles. The number of aryl methyl sites for hydroxylation is 1. The third-order valence-electron chi connectivity index (χ3n) is 5.08. The van der Waals surface area contributed by atoms with Gasteiger partial charge in [-0.3, -0.25) is 0 Å². The number of aromatic nitrogens is 3. The second-order valence-corrected chi connectivity index (χ2v) is 7.31. The molecule has 2 heterocycles. The first kappa shape index (κ1) is 24.4. The first-order chi connectivity index (χ1) is 14.1. The molecule has 0 amide bonds. The van der Waals surface area contributed by atoms with Crippen LogP contribution in [-0.2, 0) is 24.9 Å². The van der Waals surface area contributed by atoms with E-state index in [0.717, 1.165) is 55.9 Å². The average Bonchev–Trinajstić information content (AvgIpc) is 3.35. The zero-order valence-corrected chi connectivity index (χ0v) is 20.6. The van der Waals surface area contributed by atoms with Gasteiger partial charge in [0.05, 0.1) is 12.7 Å². The maximum atomic E-state index is 5.75. The highest BCUT2D eigenvalue weighted by atomic mass is 127. The van der Waals surface area contributed by atoms with Crippen LogP contribution in [0.15, 0.2) is 29.3 Å². The van der Waals surface area contributed by atoms with Crippen LogP contribution in [0.25, 0.3) is 0 Å². The van der Waals surface area contributed by atoms with E-state index in [1.165, 1.54) is 5.56 Å². The maximum absolute atomic E-state index is 5.75. The van der Waals surface area contributed by atoms with Gasteiger partial charge < -0.3 is 24.3 Å². The number of hydrogen-bond donors (Lipinski definition) is 1. The summed E-state index contributed by atoms with van der Waals surface area (Å²) in [7, 11) is 4.00. The summed E-state index contributed by atoms with van der Waals surface area (Å²) < 4.78 is 13.2. The van der Waals surface area contributed by atoms with Gasteiger partial charge >= 0.3 is 0 Å². The zero-order chi connectivity index (χ0) is 20.6. The number of guanidine groups is 1. The third kappa shape index (κ3) is 6.83. The van der Waals surface area contributed by atoms with E-state index in [4.69, 9.17) is 14.5 Å². The number of nitrogens with zero attached hydrogens (tertiary/aromatic N) is 5. The molecule has 1 atom stereocenters. The molecular formula is C21H33IN6O2. The van der Waals surface area contributed by atoms with Gasteiger partial charge in [-0.2, -0.15) is 0 Å². The Labute approximate surface area is 196 Å². The molecule has 2 aromatic rings. The van der Waals surface area contributed by atoms with E-state index in [2.05, 4.69) is 32.5 Å². The van der Waals surface area contributed by atoms with E-state index < -0.39 is 0 Å². The van der Waals surface area contributed by atoms with Crippen LogP contribution in [-0.4, -0.2) is 58.5 Å². The summed E-state index contributed by atoms with van der Waals surface area (Å²) in [4.78, 5) is 6.92. The number of nitrogens with one attached hydrogen (secondary N) is 1. The summed E-state index contributed by atoms with van der Waals surface area (Å²) >= 11 is 0. The quantitative estimate of drug-likeness (QED) is 0.323. The Bertz CT molecular complexity index is 802. The lowest BCUT2D eigenvalue weighted by atomic mass is 10.2. The highest BCUT2D eigenvalue weighted by molar-refractivity contribution is 14.0. The lowest BCUT2D eigenvalue weighted by Gasteiger charge is -2.24. The van der Waals surface area contributed by atoms with E-state index in [1.54, 1.807) is 0 Å². The molecule has 0 saturated carbocycles. The number of rotatable bonds is 8. The van der Waals surface area contributed by atoms with Crippen LogP contribution < -0.4 is 10.1 Å². The van der Waals surface area contributed by atoms with Crippen molar-refractivity contribution in [1.82, 2.24) is 25.0 Å². The molecule has 9 heteroatoms. The van der Waals surface area contributed by atoms with Gasteiger partial charge in [-0.1, -0.05) is 12.1 Å². The first-order valence-electron chi connectivity index (χ1n) is 10.2. The van der Waals surface area contributed by atoms with Gasteiger partial charge in [0.2, 0.25) is 0 Å². The molecule has 3 rings (SSSR count). The van der Waals surface area contributed by atoms with E-state index in [9.17, 15) is 0 Å². The lowest BCUT2D eigenvalue weighted by Crippen LogP contribution is -2.42. The lowest BCUT2D eigenvalue weighted by molar-refractivity contribution is 0.113. The molecule has 1 saturated heterocycles. The average molecular weight is 528 g/mol. The Morgan fingerprint density at radius 3 is 2.70 bits per heavy atom. The van der Waals surface area contributed by atoms with Crippen molar-refractivity contribution in [3.05, 3.63) is 41.5 Å². The second-order valence-electron chi connectivity index (χ2n) is 7.31. The van der Waals surface area contributed by atoms with Gasteiger partial charge in [0, 0.05) is 33.8 Å². The van der Waals surface area contributed by atoms with Crippen molar-refractivity contribution in [2.75, 3.05) is 26.8 Å². The molecule has 1 unspecified atom stereocenters. The molecule has 1 N–H and O–H groups in total. The van der Waals surface area contributed by atoms with E-state index >= 15 is 0 Å². The van der Waals surface area contributed by atoms with Crippen molar-refractivity contribution >= 4 is 29.9 Å². The zero-order valence-electron chi connectivity index (χ0n) is 18.3. The predicted octanol–water partition coefficient (Wildman–Crippen LogP) is 2.90. The molecule has 1 aromatic heterocycles. The van der Waals surface area contributed by atoms with Crippen LogP contribution >= 0.6 is 24.0 Å². The number of aliphatic imine (C=N–C) groups is 1. The van der Waals surface area contributed by atoms with E-state index in [1.807, 2.05) is 44.6 Å². The SMILES string of the molecule is CCOc1ccc(CN(C)C(=NCc2nnc(C)n2C)NCC2CCCO2)cc1.I. The maximum Gasteiger partial charge on any atom is 0.194 e. The molecule has 0 aliphatic carbocycles. The number of ether oxygens (including phenoxy) is 2. The fourth-order valence-electron chi connectivity index (χ4n) is 3.26. The Morgan fingerprint density at radius 1 is 1.33 bits per heavy atom. The topological polar surface area (TPSA) is 76.8 Å². The number of benzene rings is 1. The highest BCUT2D eigenvalue weighted by Gasteiger charge is 2.17. The summed E-state index contributed by atoms with van der Waals surface area (Å²) in [6, 6.07) is 8.19. The third-order valence-corrected chi connectivity index (χ3v) is 5.08. The minimum absolute atomic E-state index is 0. The van der Waals surface area contributed by atoms with Gasteiger partial charge in [-0.25, -0.2) is 4.99 Å². The smallest absolute Gasteiger partial charge is 0.194 e. The number of hydrogen-bond acceptors (Lipinski definition) is 5. The molecule has 30 heavy (non-hydrogen) atoms. The monoisotopic (exact) mass is 528 g/mol. The Hall–Kier alpha value is -1.88. The molecule has 1 aliphatic heterocycles. The molecule has 0 radical (unpaired) electrons. The molecule has 1 fully saturated rings. The summed E-state index contributed by atoms with van der Waals surface area (Å²) in [5, 5.41) is 11.8. The Balaban J connectivity index is 0.00000320. The fourth-order valence-corrected chi connectivity index (χ4v) is 3.26. The van der Waals surface area contributed by atoms with Crippen molar-refractivity contribution in [3.8, 4) is 5.75 Å². The molecule has 166 valence electrons. The number of halogens is 1. The molecule has 8 nitrogen and oxygen atoms in total. The van der Waals surface area contributed by atoms with Gasteiger partial charge in [0.25, 0.3) is 0 Å². The van der Waals surface area contributed by atoms with Gasteiger partial charge in [0.1, 0.15) is 18.1 Å². The summed E-state index contributed by atoms with van der Waals surface area (Å²) in [6.45, 7) is 7.41. The van der Waals surface area contributed by atoms with Crippen molar-refractivity contribution in [3.63, 3.8) is 0 Å². The van der Waals surface area contributed by atoms with Crippen LogP contribution in [0.5, 0.6) is 5.75 Å². The standard InChI is InChI=1S/C21H32N6O2.HI/c1-5-28-18-10-8-17(9-11-18)15-26(3)21(22-13-19-7-6-12-29-19)23-14-20-25-24-16(2)27(20)4;/h8-11,19H,5-7,12-15H2,1-4H3,(H,22,23);1H. The molecule has 0 spiro atoms. The first-order valence-corrected chi connectivity index (χ1v) is 10.2. The van der Waals surface area contributed by atoms with Crippen LogP contribution in [0.3, 0.4) is 0 Å². The van der Waals surface area contributed by atoms with Gasteiger partial charge in [-0.05, 0) is 44.4 Å². The van der Waals surface area contributed by atoms with E-state index in [0.29, 0.717) is 13.2 Å². The minimum atomic E-state index is 0. The van der Waals surface area contributed by atoms with E-state index in [-0.39, 0.29) is 30.1 Å². The van der Waals surface area contributed by atoms with Crippen LogP contribution in [0.2, 0.25) is 0 Å². The minimum Gasteiger partial charge on any atom is -0.494 e. The summed E-state index contributed by atoms with van der Waals surface area (Å²) in [5.74, 6) is 3.44. The van der Waals surface area contributed by atoms with Crippen molar-refractivity contribution in [2.45, 2.75) is 45.9 Å². The molecular weight excluding hydrogens is 495 g/mol. The summed E-state index contributed by atoms with van der Waals surface area (Å²) in [6.07, 6.45) is 2.46. The van der Waals surface area contributed by atoms with Crippen LogP contribution in [0.1, 0.15) is 37.0 Å². The Kier molecular flexibility index (Phi) is 9.83. The van der Waals surface area contributed by atoms with Gasteiger partial charge in [-0.15, -0.1) is 34.2 Å². The molecule has 0 bridgehead atoms. The second kappa shape index (κ2) is 12.1. The normalized spacial score (nSPS) is 16.3. The molecule has 1 aliphatic rings. The van der Waals surface area contributed by atoms with Crippen molar-refractivity contribution in [2.24, 2.45) is 12.0 Å². The highest BCUT2D eigenvalue weighted by Crippen LogP contribution is 2.14. The predicted molar refractivity (Wildman–Crippen MR) is 128 cm³/mol. The van der Waals surface area contributed by atoms with Crippen molar-refractivity contribution < 1.29 is 9.47 Å². The fraction of sp³-hybridized carbons (Fsp3) is 0.571.